The van der Waals surface area contributed by atoms with E-state index in [0.717, 1.165) is 17.0 Å². The van der Waals surface area contributed by atoms with Crippen LogP contribution in [0.2, 0.25) is 5.02 Å². The van der Waals surface area contributed by atoms with Crippen LogP contribution in [-0.2, 0) is 11.3 Å². The van der Waals surface area contributed by atoms with Crippen LogP contribution in [-0.4, -0.2) is 45.9 Å². The van der Waals surface area contributed by atoms with Crippen molar-refractivity contribution in [2.75, 3.05) is 13.1 Å². The molecule has 1 saturated heterocycles. The highest BCUT2D eigenvalue weighted by atomic mass is 35.5. The molecule has 0 spiro atoms. The van der Waals surface area contributed by atoms with Crippen LogP contribution in [0.1, 0.15) is 41.2 Å². The van der Waals surface area contributed by atoms with Gasteiger partial charge in [-0.25, -0.2) is 0 Å². The number of aryl methyl sites for hydroxylation is 1. The first-order valence-corrected chi connectivity index (χ1v) is 8.96. The molecule has 1 aliphatic rings. The van der Waals surface area contributed by atoms with Gasteiger partial charge < -0.3 is 9.64 Å². The Morgan fingerprint density at radius 2 is 1.80 bits per heavy atom. The summed E-state index contributed by atoms with van der Waals surface area (Å²) in [5, 5.41) is 5.16. The van der Waals surface area contributed by atoms with E-state index in [2.05, 4.69) is 5.10 Å². The maximum Gasteiger partial charge on any atom is 0.254 e. The molecule has 2 heterocycles. The van der Waals surface area contributed by atoms with Crippen LogP contribution in [0.4, 0.5) is 0 Å². The fourth-order valence-electron chi connectivity index (χ4n) is 3.28. The predicted octanol–water partition coefficient (Wildman–Crippen LogP) is 3.45. The van der Waals surface area contributed by atoms with Crippen molar-refractivity contribution in [3.05, 3.63) is 51.8 Å². The molecule has 6 heteroatoms. The monoisotopic (exact) mass is 361 g/mol. The van der Waals surface area contributed by atoms with Crippen LogP contribution in [0.25, 0.3) is 0 Å². The molecule has 1 amide bonds. The molecule has 1 aliphatic heterocycles. The van der Waals surface area contributed by atoms with Gasteiger partial charge in [0.1, 0.15) is 0 Å². The van der Waals surface area contributed by atoms with Crippen LogP contribution in [0.3, 0.4) is 0 Å². The van der Waals surface area contributed by atoms with Crippen molar-refractivity contribution >= 4 is 17.5 Å². The van der Waals surface area contributed by atoms with E-state index in [9.17, 15) is 4.79 Å². The zero-order valence-corrected chi connectivity index (χ0v) is 15.9. The number of amides is 1. The number of carbonyl (C=O) groups is 1. The van der Waals surface area contributed by atoms with Gasteiger partial charge in [-0.05, 0) is 45.4 Å². The van der Waals surface area contributed by atoms with Gasteiger partial charge in [-0.2, -0.15) is 5.10 Å². The van der Waals surface area contributed by atoms with Gasteiger partial charge in [0, 0.05) is 18.7 Å². The van der Waals surface area contributed by atoms with Gasteiger partial charge in [0.25, 0.3) is 5.91 Å². The molecule has 0 aliphatic carbocycles. The molecular weight excluding hydrogens is 338 g/mol. The molecule has 0 N–H and O–H groups in total. The molecule has 0 saturated carbocycles. The van der Waals surface area contributed by atoms with Gasteiger partial charge in [0.05, 0.1) is 35.2 Å². The molecule has 25 heavy (non-hydrogen) atoms. The molecule has 134 valence electrons. The Kier molecular flexibility index (Phi) is 5.16. The summed E-state index contributed by atoms with van der Waals surface area (Å²) in [6, 6.07) is 7.72. The number of aromatic nitrogens is 2. The van der Waals surface area contributed by atoms with E-state index in [1.165, 1.54) is 0 Å². The van der Waals surface area contributed by atoms with Crippen molar-refractivity contribution in [1.82, 2.24) is 14.7 Å². The van der Waals surface area contributed by atoms with Crippen molar-refractivity contribution in [1.29, 1.82) is 0 Å². The minimum atomic E-state index is 0.0581. The molecule has 3 rings (SSSR count). The van der Waals surface area contributed by atoms with E-state index in [-0.39, 0.29) is 18.1 Å². The smallest absolute Gasteiger partial charge is 0.254 e. The quantitative estimate of drug-likeness (QED) is 0.841. The summed E-state index contributed by atoms with van der Waals surface area (Å²) < 4.78 is 7.59. The van der Waals surface area contributed by atoms with Crippen molar-refractivity contribution in [2.24, 2.45) is 0 Å². The third-order valence-corrected chi connectivity index (χ3v) is 5.08. The largest absolute Gasteiger partial charge is 0.372 e. The minimum absolute atomic E-state index is 0.0581. The number of hydrogen-bond donors (Lipinski definition) is 0. The Balaban J connectivity index is 1.71. The normalized spacial score (nSPS) is 20.8. The Labute approximate surface area is 153 Å². The second-order valence-corrected chi connectivity index (χ2v) is 7.18. The van der Waals surface area contributed by atoms with Crippen molar-refractivity contribution in [3.63, 3.8) is 0 Å². The molecule has 0 unspecified atom stereocenters. The molecule has 1 fully saturated rings. The van der Waals surface area contributed by atoms with Gasteiger partial charge in [-0.1, -0.05) is 23.7 Å². The molecule has 2 aromatic rings. The van der Waals surface area contributed by atoms with Crippen LogP contribution >= 0.6 is 11.6 Å². The zero-order chi connectivity index (χ0) is 18.1. The molecule has 0 bridgehead atoms. The molecule has 1 aromatic heterocycles. The highest BCUT2D eigenvalue weighted by Crippen LogP contribution is 2.20. The lowest BCUT2D eigenvalue weighted by Gasteiger charge is -2.35. The summed E-state index contributed by atoms with van der Waals surface area (Å²) >= 11 is 6.20. The number of nitrogens with zero attached hydrogens (tertiary/aromatic N) is 3. The Bertz CT molecular complexity index is 760. The fourth-order valence-corrected chi connectivity index (χ4v) is 3.42. The lowest BCUT2D eigenvalue weighted by molar-refractivity contribution is -0.0586. The molecule has 1 aromatic carbocycles. The number of carbonyl (C=O) groups excluding carboxylic acids is 1. The molecule has 2 atom stereocenters. The highest BCUT2D eigenvalue weighted by Gasteiger charge is 2.26. The first kappa shape index (κ1) is 18.0. The van der Waals surface area contributed by atoms with E-state index in [1.807, 2.05) is 61.5 Å². The van der Waals surface area contributed by atoms with Gasteiger partial charge in [0.2, 0.25) is 0 Å². The Morgan fingerprint density at radius 1 is 1.20 bits per heavy atom. The second kappa shape index (κ2) is 7.18. The van der Waals surface area contributed by atoms with E-state index < -0.39 is 0 Å². The van der Waals surface area contributed by atoms with Crippen LogP contribution in [0.15, 0.2) is 24.3 Å². The summed E-state index contributed by atoms with van der Waals surface area (Å²) in [6.45, 7) is 9.76. The number of ether oxygens (including phenoxy) is 1. The summed E-state index contributed by atoms with van der Waals surface area (Å²) in [7, 11) is 0. The number of morpholine rings is 1. The Hall–Kier alpha value is -1.85. The standard InChI is InChI=1S/C19H24ClN3O2/c1-12-9-22(10-13(2)25-12)19(24)17-7-5-16(6-8-17)11-23-15(4)18(20)14(3)21-23/h5-8,12-13H,9-11H2,1-4H3/t12-,13-/m1/s1. The number of rotatable bonds is 3. The number of hydrogen-bond acceptors (Lipinski definition) is 3. The first-order chi connectivity index (χ1) is 11.8. The lowest BCUT2D eigenvalue weighted by atomic mass is 10.1. The first-order valence-electron chi connectivity index (χ1n) is 8.58. The number of halogens is 1. The van der Waals surface area contributed by atoms with Gasteiger partial charge in [0.15, 0.2) is 0 Å². The summed E-state index contributed by atoms with van der Waals surface area (Å²) in [5.74, 6) is 0.0581. The average molecular weight is 362 g/mol. The SMILES string of the molecule is Cc1nn(Cc2ccc(C(=O)N3C[C@@H](C)O[C@H](C)C3)cc2)c(C)c1Cl. The van der Waals surface area contributed by atoms with Gasteiger partial charge in [-0.15, -0.1) is 0 Å². The van der Waals surface area contributed by atoms with Crippen molar-refractivity contribution in [2.45, 2.75) is 46.4 Å². The third-order valence-electron chi connectivity index (χ3n) is 4.53. The average Bonchev–Trinajstić information content (AvgIpc) is 2.81. The van der Waals surface area contributed by atoms with E-state index in [4.69, 9.17) is 16.3 Å². The summed E-state index contributed by atoms with van der Waals surface area (Å²) in [6.07, 6.45) is 0.144. The van der Waals surface area contributed by atoms with Crippen LogP contribution < -0.4 is 0 Å². The molecular formula is C19H24ClN3O2. The van der Waals surface area contributed by atoms with Gasteiger partial charge >= 0.3 is 0 Å². The fraction of sp³-hybridized carbons (Fsp3) is 0.474. The zero-order valence-electron chi connectivity index (χ0n) is 15.1. The molecule has 0 radical (unpaired) electrons. The van der Waals surface area contributed by atoms with E-state index in [0.29, 0.717) is 30.2 Å². The van der Waals surface area contributed by atoms with Crippen LogP contribution in [0, 0.1) is 13.8 Å². The minimum Gasteiger partial charge on any atom is -0.372 e. The van der Waals surface area contributed by atoms with E-state index >= 15 is 0 Å². The summed E-state index contributed by atoms with van der Waals surface area (Å²) in [5.41, 5.74) is 3.58. The number of benzene rings is 1. The Morgan fingerprint density at radius 3 is 2.32 bits per heavy atom. The lowest BCUT2D eigenvalue weighted by Crippen LogP contribution is -2.48. The van der Waals surface area contributed by atoms with Crippen LogP contribution in [0.5, 0.6) is 0 Å². The maximum atomic E-state index is 12.7. The second-order valence-electron chi connectivity index (χ2n) is 6.81. The predicted molar refractivity (Wildman–Crippen MR) is 98.2 cm³/mol. The highest BCUT2D eigenvalue weighted by molar-refractivity contribution is 6.31. The van der Waals surface area contributed by atoms with Crippen molar-refractivity contribution in [3.8, 4) is 0 Å². The van der Waals surface area contributed by atoms with Gasteiger partial charge in [-0.3, -0.25) is 9.48 Å². The summed E-state index contributed by atoms with van der Waals surface area (Å²) in [4.78, 5) is 14.6. The topological polar surface area (TPSA) is 47.4 Å². The van der Waals surface area contributed by atoms with Crippen molar-refractivity contribution < 1.29 is 9.53 Å². The maximum absolute atomic E-state index is 12.7. The molecule has 5 nitrogen and oxygen atoms in total. The third kappa shape index (κ3) is 3.88. The van der Waals surface area contributed by atoms with E-state index in [1.54, 1.807) is 0 Å².